The molecule has 4 unspecified atom stereocenters. The van der Waals surface area contributed by atoms with Crippen LogP contribution in [-0.2, 0) is 9.47 Å². The Morgan fingerprint density at radius 3 is 2.12 bits per heavy atom. The molecule has 4 atom stereocenters. The van der Waals surface area contributed by atoms with Gasteiger partial charge in [-0.1, -0.05) is 51.0 Å². The van der Waals surface area contributed by atoms with Gasteiger partial charge < -0.3 is 9.47 Å². The van der Waals surface area contributed by atoms with Gasteiger partial charge in [0.1, 0.15) is 6.10 Å². The number of nitriles is 3. The maximum atomic E-state index is 14.2. The van der Waals surface area contributed by atoms with E-state index in [-0.39, 0.29) is 5.56 Å². The first-order valence-electron chi connectivity index (χ1n) is 11.6. The van der Waals surface area contributed by atoms with Crippen molar-refractivity contribution in [1.29, 1.82) is 21.2 Å². The van der Waals surface area contributed by atoms with E-state index in [0.29, 0.717) is 12.8 Å². The topological polar surface area (TPSA) is 114 Å². The van der Waals surface area contributed by atoms with Gasteiger partial charge in [0, 0.05) is 6.42 Å². The van der Waals surface area contributed by atoms with E-state index in [9.17, 15) is 24.6 Å². The Kier molecular flexibility index (Phi) is 6.12. The van der Waals surface area contributed by atoms with Gasteiger partial charge >= 0.3 is 0 Å². The van der Waals surface area contributed by atoms with E-state index in [1.165, 1.54) is 6.07 Å². The smallest absolute Gasteiger partial charge is 0.217 e. The van der Waals surface area contributed by atoms with Crippen molar-refractivity contribution in [1.82, 2.24) is 0 Å². The lowest BCUT2D eigenvalue weighted by Gasteiger charge is -2.50. The van der Waals surface area contributed by atoms with Crippen molar-refractivity contribution in [3.05, 3.63) is 35.4 Å². The van der Waals surface area contributed by atoms with Crippen LogP contribution in [0.3, 0.4) is 0 Å². The van der Waals surface area contributed by atoms with Crippen LogP contribution in [0.5, 0.6) is 0 Å². The minimum absolute atomic E-state index is 0.0684. The van der Waals surface area contributed by atoms with Crippen molar-refractivity contribution in [2.24, 2.45) is 16.7 Å². The fourth-order valence-corrected chi connectivity index (χ4v) is 5.90. The molecule has 8 heteroatoms. The van der Waals surface area contributed by atoms with Crippen LogP contribution >= 0.6 is 0 Å². The molecule has 1 aromatic rings. The Morgan fingerprint density at radius 1 is 0.879 bits per heavy atom. The number of ether oxygens (including phenoxy) is 2. The molecule has 0 spiro atoms. The molecule has 172 valence electrons. The maximum absolute atomic E-state index is 14.2. The molecule has 2 heterocycles. The van der Waals surface area contributed by atoms with Crippen LogP contribution < -0.4 is 0 Å². The summed E-state index contributed by atoms with van der Waals surface area (Å²) in [4.78, 5) is 0. The van der Waals surface area contributed by atoms with Crippen LogP contribution in [0, 0.1) is 67.8 Å². The Hall–Kier alpha value is -3.02. The van der Waals surface area contributed by atoms with Crippen LogP contribution in [0.25, 0.3) is 0 Å². The Balaban J connectivity index is 1.90. The van der Waals surface area contributed by atoms with E-state index in [0.717, 1.165) is 63.5 Å². The molecule has 6 nitrogen and oxygen atoms in total. The van der Waals surface area contributed by atoms with Crippen molar-refractivity contribution in [2.45, 2.75) is 76.1 Å². The number of halogens is 2. The van der Waals surface area contributed by atoms with Gasteiger partial charge in [0.05, 0.1) is 24.1 Å². The number of hydrogen-bond donors (Lipinski definition) is 1. The third kappa shape index (κ3) is 3.30. The number of nitrogens with one attached hydrogen (secondary N) is 1. The lowest BCUT2D eigenvalue weighted by atomic mass is 9.52. The second-order valence-corrected chi connectivity index (χ2v) is 9.29. The molecule has 1 saturated carbocycles. The molecule has 1 aromatic carbocycles. The molecule has 1 aliphatic carbocycles. The van der Waals surface area contributed by atoms with Crippen molar-refractivity contribution in [3.8, 4) is 18.2 Å². The first kappa shape index (κ1) is 23.1. The zero-order valence-electron chi connectivity index (χ0n) is 18.4. The number of hydrogen-bond acceptors (Lipinski definition) is 6. The molecule has 3 fully saturated rings. The van der Waals surface area contributed by atoms with Gasteiger partial charge in [0.15, 0.2) is 17.0 Å². The van der Waals surface area contributed by atoms with Gasteiger partial charge in [-0.3, -0.25) is 5.41 Å². The molecule has 2 saturated heterocycles. The van der Waals surface area contributed by atoms with Crippen LogP contribution in [0.15, 0.2) is 18.2 Å². The van der Waals surface area contributed by atoms with Crippen LogP contribution in [0.2, 0.25) is 0 Å². The van der Waals surface area contributed by atoms with Gasteiger partial charge in [-0.2, -0.15) is 15.8 Å². The summed E-state index contributed by atoms with van der Waals surface area (Å²) in [5, 5.41) is 39.8. The molecule has 0 aromatic heterocycles. The summed E-state index contributed by atoms with van der Waals surface area (Å²) in [6.45, 7) is 0. The molecular weight excluding hydrogens is 426 g/mol. The van der Waals surface area contributed by atoms with Crippen molar-refractivity contribution in [2.75, 3.05) is 0 Å². The third-order valence-corrected chi connectivity index (χ3v) is 7.56. The fourth-order valence-electron chi connectivity index (χ4n) is 5.90. The van der Waals surface area contributed by atoms with Crippen molar-refractivity contribution in [3.63, 3.8) is 0 Å². The minimum atomic E-state index is -2.16. The Morgan fingerprint density at radius 2 is 1.52 bits per heavy atom. The number of benzene rings is 1. The Bertz CT molecular complexity index is 1060. The minimum Gasteiger partial charge on any atom is -0.447 e. The fraction of sp³-hybridized carbons (Fsp3) is 0.600. The normalized spacial score (nSPS) is 33.7. The largest absolute Gasteiger partial charge is 0.447 e. The summed E-state index contributed by atoms with van der Waals surface area (Å²) in [5.74, 6) is -4.73. The second-order valence-electron chi connectivity index (χ2n) is 9.29. The van der Waals surface area contributed by atoms with E-state index in [1.54, 1.807) is 0 Å². The van der Waals surface area contributed by atoms with Crippen molar-refractivity contribution >= 4 is 5.90 Å². The number of rotatable bonds is 1. The van der Waals surface area contributed by atoms with E-state index >= 15 is 0 Å². The highest BCUT2D eigenvalue weighted by atomic mass is 19.2. The number of nitrogens with zero attached hydrogens (tertiary/aromatic N) is 3. The molecule has 0 radical (unpaired) electrons. The summed E-state index contributed by atoms with van der Waals surface area (Å²) in [6.07, 6.45) is 7.18. The van der Waals surface area contributed by atoms with Gasteiger partial charge in [-0.15, -0.1) is 0 Å². The lowest BCUT2D eigenvalue weighted by Crippen LogP contribution is -2.59. The molecule has 1 N–H and O–H groups in total. The molecule has 4 rings (SSSR count). The monoisotopic (exact) mass is 452 g/mol. The van der Waals surface area contributed by atoms with Crippen LogP contribution in [0.1, 0.15) is 75.9 Å². The molecule has 2 aliphatic heterocycles. The quantitative estimate of drug-likeness (QED) is 0.577. The highest BCUT2D eigenvalue weighted by Gasteiger charge is 2.79. The van der Waals surface area contributed by atoms with E-state index in [4.69, 9.17) is 14.9 Å². The van der Waals surface area contributed by atoms with Gasteiger partial charge in [-0.05, 0) is 30.5 Å². The summed E-state index contributed by atoms with van der Waals surface area (Å²) < 4.78 is 40.2. The molecule has 0 amide bonds. The second kappa shape index (κ2) is 8.73. The third-order valence-electron chi connectivity index (χ3n) is 7.56. The van der Waals surface area contributed by atoms with Crippen LogP contribution in [0.4, 0.5) is 8.78 Å². The van der Waals surface area contributed by atoms with Gasteiger partial charge in [-0.25, -0.2) is 8.78 Å². The highest BCUT2D eigenvalue weighted by Crippen LogP contribution is 2.68. The van der Waals surface area contributed by atoms with Crippen molar-refractivity contribution < 1.29 is 18.3 Å². The van der Waals surface area contributed by atoms with E-state index in [1.807, 2.05) is 12.1 Å². The molecular formula is C25H26F2N4O2. The maximum Gasteiger partial charge on any atom is 0.217 e. The summed E-state index contributed by atoms with van der Waals surface area (Å²) >= 11 is 0. The standard InChI is InChI=1S/C25H26F2N4O2/c26-18-11-10-17(13-19(18)27)21-23(14-28,15-29)24(16-30)20-9-7-5-3-1-2-4-6-8-12-25(20,32-21)33-22(24)31/h10-11,13,20-21,31H,1-9,12H2. The average Bonchev–Trinajstić information content (AvgIpc) is 2.98. The lowest BCUT2D eigenvalue weighted by molar-refractivity contribution is -0.287. The SMILES string of the molecule is N#CC1(C#N)C(c2ccc(F)c(F)c2)OC23CCCCCCCCCCC2C1(C#N)C(=N)O3. The first-order valence-corrected chi connectivity index (χ1v) is 11.6. The summed E-state index contributed by atoms with van der Waals surface area (Å²) in [5.41, 5.74) is -3.97. The summed E-state index contributed by atoms with van der Waals surface area (Å²) in [6, 6.07) is 9.14. The van der Waals surface area contributed by atoms with E-state index < -0.39 is 46.2 Å². The molecule has 3 aliphatic rings. The predicted molar refractivity (Wildman–Crippen MR) is 113 cm³/mol. The van der Waals surface area contributed by atoms with Gasteiger partial charge in [0.25, 0.3) is 0 Å². The molecule has 2 bridgehead atoms. The highest BCUT2D eigenvalue weighted by molar-refractivity contribution is 5.89. The zero-order chi connectivity index (χ0) is 23.7. The molecule has 33 heavy (non-hydrogen) atoms. The zero-order valence-corrected chi connectivity index (χ0v) is 18.4. The van der Waals surface area contributed by atoms with Crippen LogP contribution in [-0.4, -0.2) is 11.7 Å². The average molecular weight is 453 g/mol. The van der Waals surface area contributed by atoms with E-state index in [2.05, 4.69) is 6.07 Å². The first-order chi connectivity index (χ1) is 15.9. The predicted octanol–water partition coefficient (Wildman–Crippen LogP) is 5.81. The van der Waals surface area contributed by atoms with Gasteiger partial charge in [0.2, 0.25) is 17.1 Å². The summed E-state index contributed by atoms with van der Waals surface area (Å²) in [7, 11) is 0. The Labute approximate surface area is 192 Å².